The molecule has 12 aromatic heterocycles. The van der Waals surface area contributed by atoms with E-state index in [1.54, 1.807) is 33.7 Å². The van der Waals surface area contributed by atoms with Gasteiger partial charge in [0.05, 0.1) is 110 Å². The Bertz CT molecular complexity index is 7850. The number of aryl methyl sites for hydroxylation is 14. The highest BCUT2D eigenvalue weighted by Gasteiger charge is 2.23. The van der Waals surface area contributed by atoms with Crippen molar-refractivity contribution in [3.05, 3.63) is 406 Å². The van der Waals surface area contributed by atoms with Gasteiger partial charge in [0, 0.05) is 48.4 Å². The molecule has 0 aliphatic heterocycles. The topological polar surface area (TPSA) is 472 Å². The summed E-state index contributed by atoms with van der Waals surface area (Å²) in [4.78, 5) is 90.8. The fourth-order valence-corrected chi connectivity index (χ4v) is 16.6. The summed E-state index contributed by atoms with van der Waals surface area (Å²) in [5, 5.41) is 61.6. The first-order chi connectivity index (χ1) is 70.2. The van der Waals surface area contributed by atoms with Gasteiger partial charge in [0.2, 0.25) is 26.3 Å². The molecule has 0 amide bonds. The molecule has 0 bridgehead atoms. The number of nitrogens with one attached hydrogen (secondary N) is 2. The van der Waals surface area contributed by atoms with Crippen LogP contribution in [0.2, 0.25) is 26.3 Å². The summed E-state index contributed by atoms with van der Waals surface area (Å²) in [6, 6.07) is 66.2. The van der Waals surface area contributed by atoms with Crippen LogP contribution >= 0.6 is 80.6 Å². The summed E-state index contributed by atoms with van der Waals surface area (Å²) in [7, 11) is -1.36. The largest absolute Gasteiger partial charge is 1.00 e. The summed E-state index contributed by atoms with van der Waals surface area (Å²) in [5.41, 5.74) is 39.2. The van der Waals surface area contributed by atoms with Gasteiger partial charge in [-0.1, -0.05) is 171 Å². The van der Waals surface area contributed by atoms with Crippen molar-refractivity contribution in [3.63, 3.8) is 0 Å². The van der Waals surface area contributed by atoms with Crippen molar-refractivity contribution in [1.29, 1.82) is 0 Å². The third-order valence-corrected chi connectivity index (χ3v) is 23.7. The maximum absolute atomic E-state index is 12.7. The van der Waals surface area contributed by atoms with Crippen molar-refractivity contribution in [2.75, 3.05) is 10.6 Å². The molecule has 0 aliphatic rings. The standard InChI is InChI=1S/C26H26N6O.C17H15ClN6O.C17H16ClN5O2.C17H18ClN5.C12H15N3.C9H13BO2.C4HCl2N3O2.CH3I.HI/c1-16(2)21-7-5-6-8-22(21)24-27-14-23-25(29-24)31(26(33)28-23)15-19-9-11-20(12-10-19)32-18(4)13-17(3)30-32;1-10-7-11(2)24(22-10)13-5-3-12(4-6-13)9-23-15-14(20-17(23)25)8-19-16(18)21-15;1-11-9-12(2)22(21-11)14-6-3-13(4-7-14)5-8-15-16(23(24)25)10-19-17(18)20-15;1-11-9-12(2)23(22-11)14-6-3-13(4-7-14)5-8-16-15(19)10-20-17(18)21-16;1-9-7-10(2)15(14-9)12-5-3-11(8-13)4-6-12;1-7(2)8-5-3-4-6-9(8)10(11)12;5-3-2(9(10)11)1-7-4(6)8-3;1-2;/h5-14,16H,15H2,1-4H3,(H,28,33);3-8H,9H2,1-2H3,(H,20,25);3-4,6-7,9-10H,5,8H2,1-2H3;3-4,6-7,9-10H,5,8,19H2,1-2H3;3-7H,8,13H2,1-2H3;3-7,11-12H,1-2H3;1H;1H3;1H/p-1/i;;;;;;;1D;. The number of nitro groups is 2. The summed E-state index contributed by atoms with van der Waals surface area (Å²) >= 11 is 30.0. The third-order valence-electron chi connectivity index (χ3n) is 22.7. The fraction of sp³-hybridized carbons (Fsp3) is 0.233. The molecule has 147 heavy (non-hydrogen) atoms. The first-order valence-electron chi connectivity index (χ1n) is 46.5. The molecule has 0 spiro atoms. The molecule has 0 aliphatic carbocycles. The first-order valence-corrected chi connectivity index (χ1v) is 49.2. The molecule has 19 rings (SSSR count). The Morgan fingerprint density at radius 1 is 0.422 bits per heavy atom. The quantitative estimate of drug-likeness (QED) is 0.00698. The number of nitrogen functional groups attached to an aromatic ring is 1. The zero-order valence-electron chi connectivity index (χ0n) is 83.7. The van der Waals surface area contributed by atoms with Crippen LogP contribution in [-0.2, 0) is 45.3 Å². The number of hydrogen-bond acceptors (Lipinski definition) is 25. The van der Waals surface area contributed by atoms with Crippen LogP contribution in [-0.4, -0.2) is 150 Å². The van der Waals surface area contributed by atoms with E-state index in [1.165, 1.54) is 17.3 Å². The summed E-state index contributed by atoms with van der Waals surface area (Å²) in [6.07, 6.45) is 9.46. The number of aromatic amines is 2. The second-order valence-corrected chi connectivity index (χ2v) is 36.0. The average Bonchev–Trinajstić information content (AvgIpc) is 1.65. The van der Waals surface area contributed by atoms with Crippen molar-refractivity contribution in [2.45, 2.75) is 154 Å². The van der Waals surface area contributed by atoms with Gasteiger partial charge in [0.1, 0.15) is 29.1 Å². The number of nitrogens with two attached hydrogens (primary N) is 2. The van der Waals surface area contributed by atoms with Crippen LogP contribution in [0.5, 0.6) is 0 Å². The fourth-order valence-electron chi connectivity index (χ4n) is 15.8. The van der Waals surface area contributed by atoms with E-state index in [0.29, 0.717) is 94.2 Å². The lowest BCUT2D eigenvalue weighted by molar-refractivity contribution is -0.386. The Labute approximate surface area is 904 Å². The van der Waals surface area contributed by atoms with E-state index in [9.17, 15) is 29.8 Å². The number of nitrogens with zero attached hydrogens (tertiary/aromatic N) is 24. The van der Waals surface area contributed by atoms with Crippen LogP contribution < -0.4 is 52.3 Å². The number of benzene rings is 7. The van der Waals surface area contributed by atoms with Crippen LogP contribution in [0.15, 0.2) is 241 Å². The minimum absolute atomic E-state index is 0. The molecular formula is C103H107BCl5I2N28O8-. The second kappa shape index (κ2) is 52.9. The Kier molecular flexibility index (Phi) is 40.2. The van der Waals surface area contributed by atoms with Gasteiger partial charge in [-0.05, 0) is 287 Å². The minimum Gasteiger partial charge on any atom is -1.00 e. The van der Waals surface area contributed by atoms with Crippen molar-refractivity contribution >= 4 is 133 Å². The molecule has 0 unspecified atom stereocenters. The predicted octanol–water partition coefficient (Wildman–Crippen LogP) is 16.5. The molecule has 760 valence electrons. The van der Waals surface area contributed by atoms with E-state index < -0.39 is 17.0 Å². The van der Waals surface area contributed by atoms with Gasteiger partial charge >= 0.3 is 29.9 Å². The van der Waals surface area contributed by atoms with Crippen LogP contribution in [0.4, 0.5) is 17.1 Å². The predicted molar refractivity (Wildman–Crippen MR) is 581 cm³/mol. The summed E-state index contributed by atoms with van der Waals surface area (Å²) in [5.74, 6) is 1.29. The van der Waals surface area contributed by atoms with E-state index in [1.807, 2.05) is 261 Å². The van der Waals surface area contributed by atoms with Gasteiger partial charge < -0.3 is 55.5 Å². The maximum Gasteiger partial charge on any atom is 0.488 e. The molecule has 12 heterocycles. The Balaban J connectivity index is 0.000000167. The molecule has 36 nitrogen and oxygen atoms in total. The van der Waals surface area contributed by atoms with E-state index >= 15 is 0 Å². The highest BCUT2D eigenvalue weighted by atomic mass is 127. The smallest absolute Gasteiger partial charge is 0.488 e. The lowest BCUT2D eigenvalue weighted by Gasteiger charge is -2.11. The van der Waals surface area contributed by atoms with Crippen molar-refractivity contribution < 1.29 is 45.2 Å². The summed E-state index contributed by atoms with van der Waals surface area (Å²) in [6.45, 7) is 29.8. The Morgan fingerprint density at radius 3 is 1.12 bits per heavy atom. The van der Waals surface area contributed by atoms with Gasteiger partial charge in [0.15, 0.2) is 17.1 Å². The molecule has 0 radical (unpaired) electrons. The number of aromatic nitrogens is 24. The molecule has 44 heteroatoms. The zero-order valence-corrected chi connectivity index (χ0v) is 90.8. The molecule has 0 atom stereocenters. The lowest BCUT2D eigenvalue weighted by Crippen LogP contribution is -3.00. The molecule has 0 saturated heterocycles. The highest BCUT2D eigenvalue weighted by molar-refractivity contribution is 14.1. The summed E-state index contributed by atoms with van der Waals surface area (Å²) < 4.78 is 19.0. The number of rotatable bonds is 22. The molecule has 0 fully saturated rings. The van der Waals surface area contributed by atoms with Crippen LogP contribution in [0.3, 0.4) is 0 Å². The Morgan fingerprint density at radius 2 is 0.748 bits per heavy atom. The average molecular weight is 2310 g/mol. The number of alkyl halides is 1. The second-order valence-electron chi connectivity index (χ2n) is 34.3. The molecule has 19 aromatic rings. The van der Waals surface area contributed by atoms with E-state index in [0.717, 1.165) is 150 Å². The Hall–Kier alpha value is -14.0. The number of hydrogen-bond donors (Lipinski definition) is 6. The number of halogens is 7. The third kappa shape index (κ3) is 30.4. The monoisotopic (exact) mass is 2300 g/mol. The maximum atomic E-state index is 12.7. The molecule has 8 N–H and O–H groups in total. The number of imidazole rings is 2. The van der Waals surface area contributed by atoms with Gasteiger partial charge in [-0.15, -0.1) is 0 Å². The number of fused-ring (bicyclic) bond motifs is 2. The van der Waals surface area contributed by atoms with Gasteiger partial charge in [-0.3, -0.25) is 29.4 Å². The van der Waals surface area contributed by atoms with E-state index in [4.69, 9.17) is 85.9 Å². The van der Waals surface area contributed by atoms with E-state index in [2.05, 4.69) is 150 Å². The van der Waals surface area contributed by atoms with Crippen molar-refractivity contribution in [2.24, 2.45) is 5.73 Å². The lowest BCUT2D eigenvalue weighted by atomic mass is 9.74. The molecule has 7 aromatic carbocycles. The normalized spacial score (nSPS) is 10.9. The molecular weight excluding hydrogens is 2200 g/mol. The molecule has 0 saturated carbocycles. The first kappa shape index (κ1) is 112. The SMILES string of the molecule is CC(C)c1ccccc1B(O)O.Cc1cc(C)n(-c2ccc(CCc3nc(Cl)ncc3N)cc2)n1.Cc1cc(C)n(-c2ccc(CCc3nc(Cl)ncc3[N+](=O)[O-])cc2)n1.Cc1cc(C)n(-c2ccc(CN)cc2)n1.Cc1cc(C)n(-c2ccc(Cn3c(=O)[nH]c4cnc(-c5ccccc5C(C)C)nc43)cc2)n1.Cc1cc(C)n(-c2ccc(Cn3c(=O)[nH]c4cnc(Cl)nc43)cc2)n1.O=[N+]([O-])c1cnc(Cl)nc1Cl.[2H]CI.[I-]. The number of H-pyrrole nitrogens is 2. The van der Waals surface area contributed by atoms with Crippen molar-refractivity contribution in [1.82, 2.24) is 118 Å². The van der Waals surface area contributed by atoms with Crippen LogP contribution in [0, 0.1) is 89.5 Å². The number of anilines is 1. The van der Waals surface area contributed by atoms with Crippen LogP contribution in [0.1, 0.15) is 148 Å². The van der Waals surface area contributed by atoms with Crippen LogP contribution in [0.25, 0.3) is 62.2 Å². The van der Waals surface area contributed by atoms with Crippen molar-refractivity contribution in [3.8, 4) is 39.8 Å². The van der Waals surface area contributed by atoms with Gasteiger partial charge in [0.25, 0.3) is 0 Å². The highest BCUT2D eigenvalue weighted by Crippen LogP contribution is 2.30. The van der Waals surface area contributed by atoms with Gasteiger partial charge in [-0.25, -0.2) is 72.9 Å². The minimum atomic E-state index is -1.36. The van der Waals surface area contributed by atoms with E-state index in [-0.39, 0.29) is 73.0 Å². The zero-order chi connectivity index (χ0) is 106. The van der Waals surface area contributed by atoms with Gasteiger partial charge in [-0.2, -0.15) is 35.5 Å².